The van der Waals surface area contributed by atoms with Crippen molar-refractivity contribution >= 4 is 82.8 Å². The lowest BCUT2D eigenvalue weighted by atomic mass is 10.2. The van der Waals surface area contributed by atoms with Gasteiger partial charge in [-0.25, -0.2) is 23.7 Å². The number of nitrogens with two attached hydrogens (primary N) is 1. The van der Waals surface area contributed by atoms with Crippen molar-refractivity contribution in [3.63, 3.8) is 0 Å². The molecule has 0 aliphatic rings. The largest absolute Gasteiger partial charge is 0.497 e. The normalized spacial score (nSPS) is 10.7. The highest BCUT2D eigenvalue weighted by Crippen LogP contribution is 2.30. The van der Waals surface area contributed by atoms with Crippen molar-refractivity contribution in [2.45, 2.75) is 0 Å². The first-order valence-corrected chi connectivity index (χ1v) is 13.6. The minimum absolute atomic E-state index is 0.240. The molecule has 0 radical (unpaired) electrons. The third-order valence-electron chi connectivity index (χ3n) is 4.95. The van der Waals surface area contributed by atoms with Crippen LogP contribution < -0.4 is 10.5 Å². The second-order valence-corrected chi connectivity index (χ2v) is 10.7. The van der Waals surface area contributed by atoms with Crippen LogP contribution in [0.2, 0.25) is 10.0 Å². The number of halogens is 4. The average molecular weight is 602 g/mol. The molecule has 0 spiro atoms. The Morgan fingerprint density at radius 3 is 1.90 bits per heavy atom. The van der Waals surface area contributed by atoms with Crippen LogP contribution in [0.5, 0.6) is 5.75 Å². The van der Waals surface area contributed by atoms with E-state index in [2.05, 4.69) is 15.0 Å². The van der Waals surface area contributed by atoms with Gasteiger partial charge in [-0.05, 0) is 78.4 Å². The molecule has 0 saturated carbocycles. The molecule has 0 bridgehead atoms. The first-order valence-electron chi connectivity index (χ1n) is 11.3. The zero-order chi connectivity index (χ0) is 27.8. The number of benzene rings is 4. The molecule has 0 aliphatic carbocycles. The molecule has 6 aromatic rings. The minimum Gasteiger partial charge on any atom is -0.497 e. The monoisotopic (exact) mass is 600 g/mol. The lowest BCUT2D eigenvalue weighted by Gasteiger charge is -1.95. The lowest BCUT2D eigenvalue weighted by molar-refractivity contribution is 0.413. The van der Waals surface area contributed by atoms with Crippen LogP contribution in [0.25, 0.3) is 20.4 Å². The summed E-state index contributed by atoms with van der Waals surface area (Å²) in [6.07, 6.45) is 1.67. The van der Waals surface area contributed by atoms with E-state index in [0.717, 1.165) is 31.0 Å². The molecule has 2 N–H and O–H groups in total. The number of hydrogen-bond donors (Lipinski definition) is 1. The number of anilines is 1. The van der Waals surface area contributed by atoms with Crippen molar-refractivity contribution in [2.24, 2.45) is 4.99 Å². The average Bonchev–Trinajstić information content (AvgIpc) is 3.50. The van der Waals surface area contributed by atoms with Crippen LogP contribution in [0.4, 0.5) is 19.0 Å². The Kier molecular flexibility index (Phi) is 9.78. The second kappa shape index (κ2) is 13.4. The van der Waals surface area contributed by atoms with E-state index >= 15 is 0 Å². The zero-order valence-electron chi connectivity index (χ0n) is 20.3. The summed E-state index contributed by atoms with van der Waals surface area (Å²) in [5, 5.41) is 2.65. The van der Waals surface area contributed by atoms with E-state index in [9.17, 15) is 8.78 Å². The molecule has 0 unspecified atom stereocenters. The van der Waals surface area contributed by atoms with Crippen molar-refractivity contribution in [3.05, 3.63) is 112 Å². The summed E-state index contributed by atoms with van der Waals surface area (Å²) in [5.41, 5.74) is 8.13. The maximum atomic E-state index is 12.8. The van der Waals surface area contributed by atoms with Crippen LogP contribution in [0.3, 0.4) is 0 Å². The number of methoxy groups -OCH3 is 1. The number of ether oxygens (including phenoxy) is 1. The SMILES string of the molecule is COc1ccc(F)cc1.Fc1ccc(C=Nc2nc3ccc(Cl)cc3s2)cc1.Nc1nc2ccc(Cl)cc2s1. The Hall–Kier alpha value is -3.63. The van der Waals surface area contributed by atoms with Crippen molar-refractivity contribution in [2.75, 3.05) is 12.8 Å². The van der Waals surface area contributed by atoms with Gasteiger partial charge >= 0.3 is 0 Å². The van der Waals surface area contributed by atoms with E-state index in [-0.39, 0.29) is 11.6 Å². The van der Waals surface area contributed by atoms with Crippen LogP contribution in [0.1, 0.15) is 5.56 Å². The highest BCUT2D eigenvalue weighted by molar-refractivity contribution is 7.22. The highest BCUT2D eigenvalue weighted by Gasteiger charge is 2.03. The van der Waals surface area contributed by atoms with Crippen molar-refractivity contribution in [3.8, 4) is 5.75 Å². The van der Waals surface area contributed by atoms with Gasteiger partial charge in [-0.1, -0.05) is 58.0 Å². The molecule has 6 rings (SSSR count). The number of fused-ring (bicyclic) bond motifs is 2. The fourth-order valence-electron chi connectivity index (χ4n) is 3.11. The van der Waals surface area contributed by atoms with E-state index in [4.69, 9.17) is 33.7 Å². The molecule has 5 nitrogen and oxygen atoms in total. The summed E-state index contributed by atoms with van der Waals surface area (Å²) >= 11 is 14.6. The number of aromatic nitrogens is 2. The van der Waals surface area contributed by atoms with Gasteiger partial charge < -0.3 is 10.5 Å². The number of thiazole rings is 2. The number of rotatable bonds is 3. The van der Waals surface area contributed by atoms with Gasteiger partial charge in [-0.2, -0.15) is 0 Å². The van der Waals surface area contributed by atoms with Gasteiger partial charge in [0.05, 0.1) is 27.5 Å². The Labute approximate surface area is 241 Å². The molecule has 0 saturated heterocycles. The van der Waals surface area contributed by atoms with Crippen LogP contribution >= 0.6 is 45.9 Å². The van der Waals surface area contributed by atoms with E-state index < -0.39 is 0 Å². The molecule has 0 aliphatic heterocycles. The van der Waals surface area contributed by atoms with Gasteiger partial charge in [-0.3, -0.25) is 0 Å². The second-order valence-electron chi connectivity index (χ2n) is 7.74. The first kappa shape index (κ1) is 28.4. The van der Waals surface area contributed by atoms with Gasteiger partial charge in [0.15, 0.2) is 5.13 Å². The maximum Gasteiger partial charge on any atom is 0.210 e. The van der Waals surface area contributed by atoms with Crippen molar-refractivity contribution in [1.82, 2.24) is 9.97 Å². The minimum atomic E-state index is -0.258. The fraction of sp³-hybridized carbons (Fsp3) is 0.0357. The smallest absolute Gasteiger partial charge is 0.210 e. The van der Waals surface area contributed by atoms with Gasteiger partial charge in [0.2, 0.25) is 5.13 Å². The molecule has 198 valence electrons. The molecule has 2 heterocycles. The van der Waals surface area contributed by atoms with E-state index in [1.165, 1.54) is 46.9 Å². The fourth-order valence-corrected chi connectivity index (χ4v) is 5.20. The van der Waals surface area contributed by atoms with Gasteiger partial charge in [0.1, 0.15) is 17.4 Å². The third kappa shape index (κ3) is 8.43. The molecule has 0 atom stereocenters. The molecule has 0 fully saturated rings. The standard InChI is InChI=1S/C14H8ClFN2S.C7H5ClN2S.C7H7FO/c15-10-3-6-12-13(7-10)19-14(18-12)17-8-9-1-4-11(16)5-2-9;8-4-1-2-5-6(3-4)11-7(9)10-5;1-9-7-4-2-6(8)3-5-7/h1-8H;1-3H,(H2,9,10);2-5H,1H3. The predicted octanol–water partition coefficient (Wildman–Crippen LogP) is 9.21. The number of hydrogen-bond acceptors (Lipinski definition) is 7. The Balaban J connectivity index is 0.000000149. The summed E-state index contributed by atoms with van der Waals surface area (Å²) in [6.45, 7) is 0. The van der Waals surface area contributed by atoms with Gasteiger partial charge in [0.25, 0.3) is 0 Å². The van der Waals surface area contributed by atoms with E-state index in [0.29, 0.717) is 21.0 Å². The molecule has 4 aromatic carbocycles. The summed E-state index contributed by atoms with van der Waals surface area (Å²) in [7, 11) is 1.55. The number of nitrogens with zero attached hydrogens (tertiary/aromatic N) is 3. The maximum absolute atomic E-state index is 12.8. The van der Waals surface area contributed by atoms with E-state index in [1.807, 2.05) is 30.3 Å². The Bertz CT molecular complexity index is 1710. The summed E-state index contributed by atoms with van der Waals surface area (Å²) in [6, 6.07) is 23.1. The molecule has 2 aromatic heterocycles. The summed E-state index contributed by atoms with van der Waals surface area (Å²) in [5.74, 6) is 0.180. The van der Waals surface area contributed by atoms with Crippen LogP contribution in [-0.2, 0) is 0 Å². The van der Waals surface area contributed by atoms with Crippen LogP contribution in [-0.4, -0.2) is 23.3 Å². The number of aliphatic imine (C=N–C) groups is 1. The van der Waals surface area contributed by atoms with Crippen LogP contribution in [0, 0.1) is 11.6 Å². The Morgan fingerprint density at radius 1 is 0.769 bits per heavy atom. The number of nitrogen functional groups attached to an aromatic ring is 1. The predicted molar refractivity (Wildman–Crippen MR) is 160 cm³/mol. The van der Waals surface area contributed by atoms with Crippen LogP contribution in [0.15, 0.2) is 89.9 Å². The quantitative estimate of drug-likeness (QED) is 0.205. The molecular weight excluding hydrogens is 581 g/mol. The summed E-state index contributed by atoms with van der Waals surface area (Å²) in [4.78, 5) is 12.8. The van der Waals surface area contributed by atoms with Crippen molar-refractivity contribution < 1.29 is 13.5 Å². The van der Waals surface area contributed by atoms with E-state index in [1.54, 1.807) is 43.7 Å². The molecule has 11 heteroatoms. The molecule has 39 heavy (non-hydrogen) atoms. The zero-order valence-corrected chi connectivity index (χ0v) is 23.5. The Morgan fingerprint density at radius 2 is 1.31 bits per heavy atom. The highest BCUT2D eigenvalue weighted by atomic mass is 35.5. The van der Waals surface area contributed by atoms with Gasteiger partial charge in [0, 0.05) is 16.3 Å². The third-order valence-corrected chi connectivity index (χ3v) is 7.19. The first-order chi connectivity index (χ1) is 18.8. The summed E-state index contributed by atoms with van der Waals surface area (Å²) < 4.78 is 31.8. The molecular formula is C28H20Cl2F2N4OS2. The van der Waals surface area contributed by atoms with Gasteiger partial charge in [-0.15, -0.1) is 0 Å². The van der Waals surface area contributed by atoms with Crippen molar-refractivity contribution in [1.29, 1.82) is 0 Å². The topological polar surface area (TPSA) is 73.4 Å². The lowest BCUT2D eigenvalue weighted by Crippen LogP contribution is -1.80. The molecule has 0 amide bonds.